The molecular formula is C28H29N3O5S. The van der Waals surface area contributed by atoms with Gasteiger partial charge in [-0.1, -0.05) is 55.5 Å². The van der Waals surface area contributed by atoms with E-state index in [9.17, 15) is 18.3 Å². The SMILES string of the molecule is CCOCc1nc(=O)c(S(=O)(=O)c2ccc(-c3cccnc3C)cc2)c(O)n1C(CC)c1ccccc1. The van der Waals surface area contributed by atoms with Crippen molar-refractivity contribution in [2.24, 2.45) is 0 Å². The van der Waals surface area contributed by atoms with Gasteiger partial charge in [-0.05, 0) is 49.6 Å². The predicted molar refractivity (Wildman–Crippen MR) is 140 cm³/mol. The van der Waals surface area contributed by atoms with Crippen LogP contribution in [-0.2, 0) is 21.2 Å². The van der Waals surface area contributed by atoms with Crippen molar-refractivity contribution in [1.29, 1.82) is 0 Å². The molecule has 2 aromatic carbocycles. The lowest BCUT2D eigenvalue weighted by Crippen LogP contribution is -2.28. The van der Waals surface area contributed by atoms with Gasteiger partial charge in [-0.25, -0.2) is 8.42 Å². The van der Waals surface area contributed by atoms with Gasteiger partial charge in [-0.2, -0.15) is 4.98 Å². The van der Waals surface area contributed by atoms with Crippen LogP contribution in [0.3, 0.4) is 0 Å². The normalized spacial score (nSPS) is 12.4. The van der Waals surface area contributed by atoms with E-state index in [-0.39, 0.29) is 17.3 Å². The monoisotopic (exact) mass is 519 g/mol. The fourth-order valence-electron chi connectivity index (χ4n) is 4.37. The molecule has 1 unspecified atom stereocenters. The Morgan fingerprint density at radius 3 is 2.32 bits per heavy atom. The minimum atomic E-state index is -4.40. The predicted octanol–water partition coefficient (Wildman–Crippen LogP) is 4.69. The molecule has 0 fully saturated rings. The second kappa shape index (κ2) is 11.1. The van der Waals surface area contributed by atoms with Crippen LogP contribution in [0.1, 0.15) is 43.4 Å². The highest BCUT2D eigenvalue weighted by Crippen LogP contribution is 2.33. The van der Waals surface area contributed by atoms with Gasteiger partial charge in [0.25, 0.3) is 5.56 Å². The molecule has 0 aliphatic rings. The fraction of sp³-hybridized carbons (Fsp3) is 0.250. The molecule has 0 saturated carbocycles. The Kier molecular flexibility index (Phi) is 7.85. The van der Waals surface area contributed by atoms with Crippen LogP contribution >= 0.6 is 0 Å². The maximum Gasteiger partial charge on any atom is 0.296 e. The maximum absolute atomic E-state index is 13.7. The number of sulfone groups is 1. The average molecular weight is 520 g/mol. The Labute approximate surface area is 216 Å². The first-order valence-corrected chi connectivity index (χ1v) is 13.5. The van der Waals surface area contributed by atoms with Gasteiger partial charge in [0.15, 0.2) is 4.90 Å². The van der Waals surface area contributed by atoms with Crippen molar-refractivity contribution in [2.45, 2.75) is 49.6 Å². The standard InChI is InChI=1S/C28H29N3O5S/c1-4-24(21-10-7-6-8-11-21)31-25(18-36-5-2)30-27(32)26(28(31)33)37(34,35)22-15-13-20(14-16-22)23-12-9-17-29-19(23)3/h6-17,24,33H,4-5,18H2,1-3H3. The highest BCUT2D eigenvalue weighted by atomic mass is 32.2. The summed E-state index contributed by atoms with van der Waals surface area (Å²) in [7, 11) is -4.40. The summed E-state index contributed by atoms with van der Waals surface area (Å²) in [5.74, 6) is -0.501. The lowest BCUT2D eigenvalue weighted by Gasteiger charge is -2.25. The van der Waals surface area contributed by atoms with Crippen molar-refractivity contribution in [1.82, 2.24) is 14.5 Å². The molecule has 0 spiro atoms. The highest BCUT2D eigenvalue weighted by molar-refractivity contribution is 7.91. The van der Waals surface area contributed by atoms with Crippen molar-refractivity contribution in [3.8, 4) is 17.0 Å². The van der Waals surface area contributed by atoms with Crippen LogP contribution in [0.15, 0.2) is 87.5 Å². The van der Waals surface area contributed by atoms with Crippen LogP contribution in [0, 0.1) is 6.92 Å². The zero-order valence-corrected chi connectivity index (χ0v) is 21.8. The Morgan fingerprint density at radius 2 is 1.70 bits per heavy atom. The van der Waals surface area contributed by atoms with Crippen LogP contribution in [0.25, 0.3) is 11.1 Å². The third-order valence-electron chi connectivity index (χ3n) is 6.20. The van der Waals surface area contributed by atoms with Gasteiger partial charge in [-0.3, -0.25) is 14.3 Å². The molecule has 1 atom stereocenters. The van der Waals surface area contributed by atoms with Crippen molar-refractivity contribution < 1.29 is 18.3 Å². The first-order chi connectivity index (χ1) is 17.8. The molecular weight excluding hydrogens is 490 g/mol. The fourth-order valence-corrected chi connectivity index (χ4v) is 5.71. The van der Waals surface area contributed by atoms with Crippen LogP contribution in [0.5, 0.6) is 5.88 Å². The molecule has 1 N–H and O–H groups in total. The first kappa shape index (κ1) is 26.2. The molecule has 0 amide bonds. The lowest BCUT2D eigenvalue weighted by molar-refractivity contribution is 0.121. The smallest absolute Gasteiger partial charge is 0.296 e. The molecule has 4 aromatic rings. The molecule has 2 heterocycles. The van der Waals surface area contributed by atoms with Crippen LogP contribution < -0.4 is 5.56 Å². The minimum absolute atomic E-state index is 0.0535. The van der Waals surface area contributed by atoms with E-state index in [2.05, 4.69) is 9.97 Å². The molecule has 192 valence electrons. The highest BCUT2D eigenvalue weighted by Gasteiger charge is 2.32. The Bertz CT molecular complexity index is 1550. The molecule has 0 bridgehead atoms. The first-order valence-electron chi connectivity index (χ1n) is 12.0. The Morgan fingerprint density at radius 1 is 1.00 bits per heavy atom. The molecule has 0 radical (unpaired) electrons. The number of nitrogens with zero attached hydrogens (tertiary/aromatic N) is 3. The molecule has 37 heavy (non-hydrogen) atoms. The molecule has 9 heteroatoms. The maximum atomic E-state index is 13.7. The number of hydrogen-bond donors (Lipinski definition) is 1. The number of ether oxygens (including phenoxy) is 1. The van der Waals surface area contributed by atoms with Gasteiger partial charge < -0.3 is 9.84 Å². The third kappa shape index (κ3) is 5.19. The minimum Gasteiger partial charge on any atom is -0.493 e. The quantitative estimate of drug-likeness (QED) is 0.341. The van der Waals surface area contributed by atoms with Crippen molar-refractivity contribution in [3.05, 3.63) is 100 Å². The van der Waals surface area contributed by atoms with Gasteiger partial charge in [0.2, 0.25) is 15.7 Å². The van der Waals surface area contributed by atoms with Crippen LogP contribution in [0.4, 0.5) is 0 Å². The summed E-state index contributed by atoms with van der Waals surface area (Å²) < 4.78 is 34.2. The second-order valence-electron chi connectivity index (χ2n) is 8.49. The summed E-state index contributed by atoms with van der Waals surface area (Å²) in [6, 6.07) is 18.7. The molecule has 0 aliphatic heterocycles. The Balaban J connectivity index is 1.86. The summed E-state index contributed by atoms with van der Waals surface area (Å²) in [6.45, 7) is 5.88. The van der Waals surface area contributed by atoms with Gasteiger partial charge >= 0.3 is 0 Å². The summed E-state index contributed by atoms with van der Waals surface area (Å²) in [4.78, 5) is 20.5. The van der Waals surface area contributed by atoms with E-state index in [1.165, 1.54) is 16.7 Å². The van der Waals surface area contributed by atoms with Gasteiger partial charge in [-0.15, -0.1) is 0 Å². The van der Waals surface area contributed by atoms with E-state index >= 15 is 0 Å². The van der Waals surface area contributed by atoms with E-state index in [1.54, 1.807) is 31.3 Å². The van der Waals surface area contributed by atoms with E-state index in [1.807, 2.05) is 50.2 Å². The van der Waals surface area contributed by atoms with Gasteiger partial charge in [0, 0.05) is 24.1 Å². The topological polar surface area (TPSA) is 111 Å². The zero-order valence-electron chi connectivity index (χ0n) is 21.0. The second-order valence-corrected chi connectivity index (χ2v) is 10.4. The summed E-state index contributed by atoms with van der Waals surface area (Å²) in [6.07, 6.45) is 2.20. The molecule has 2 aromatic heterocycles. The number of benzene rings is 2. The van der Waals surface area contributed by atoms with Crippen molar-refractivity contribution in [2.75, 3.05) is 6.61 Å². The molecule has 0 aliphatic carbocycles. The number of pyridine rings is 1. The van der Waals surface area contributed by atoms with E-state index in [0.29, 0.717) is 13.0 Å². The largest absolute Gasteiger partial charge is 0.493 e. The Hall–Kier alpha value is -3.82. The molecule has 8 nitrogen and oxygen atoms in total. The zero-order chi connectivity index (χ0) is 26.6. The lowest BCUT2D eigenvalue weighted by atomic mass is 10.0. The number of aromatic hydroxyl groups is 1. The van der Waals surface area contributed by atoms with Gasteiger partial charge in [0.1, 0.15) is 12.4 Å². The number of aromatic nitrogens is 3. The average Bonchev–Trinajstić information content (AvgIpc) is 2.90. The van der Waals surface area contributed by atoms with Crippen LogP contribution in [0.2, 0.25) is 0 Å². The van der Waals surface area contributed by atoms with Crippen molar-refractivity contribution >= 4 is 9.84 Å². The summed E-state index contributed by atoms with van der Waals surface area (Å²) in [5, 5.41) is 11.4. The van der Waals surface area contributed by atoms with Crippen LogP contribution in [-0.4, -0.2) is 34.7 Å². The number of aryl methyl sites for hydroxylation is 1. The third-order valence-corrected chi connectivity index (χ3v) is 7.99. The molecule has 0 saturated heterocycles. The van der Waals surface area contributed by atoms with Gasteiger partial charge in [0.05, 0.1) is 10.9 Å². The summed E-state index contributed by atoms with van der Waals surface area (Å²) >= 11 is 0. The van der Waals surface area contributed by atoms with Crippen molar-refractivity contribution in [3.63, 3.8) is 0 Å². The summed E-state index contributed by atoms with van der Waals surface area (Å²) in [5.41, 5.74) is 2.26. The number of hydrogen-bond acceptors (Lipinski definition) is 7. The van der Waals surface area contributed by atoms with E-state index in [4.69, 9.17) is 4.74 Å². The number of rotatable bonds is 9. The molecule has 4 rings (SSSR count). The van der Waals surface area contributed by atoms with E-state index in [0.717, 1.165) is 22.4 Å². The van der Waals surface area contributed by atoms with E-state index < -0.39 is 32.2 Å².